The normalized spacial score (nSPS) is 24.8. The number of hydrogen-bond donors (Lipinski definition) is 1. The van der Waals surface area contributed by atoms with Gasteiger partial charge in [-0.25, -0.2) is 0 Å². The molecular weight excluding hydrogens is 168 g/mol. The van der Waals surface area contributed by atoms with E-state index in [0.29, 0.717) is 6.61 Å². The van der Waals surface area contributed by atoms with Crippen LogP contribution in [0, 0.1) is 0 Å². The van der Waals surface area contributed by atoms with E-state index in [1.54, 1.807) is 0 Å². The minimum absolute atomic E-state index is 0.0310. The van der Waals surface area contributed by atoms with Crippen LogP contribution in [0.3, 0.4) is 0 Å². The predicted octanol–water partition coefficient (Wildman–Crippen LogP) is 1.47. The molecule has 76 valence electrons. The predicted molar refractivity (Wildman–Crippen MR) is 50.4 cm³/mol. The van der Waals surface area contributed by atoms with Crippen LogP contribution >= 0.6 is 0 Å². The third-order valence-corrected chi connectivity index (χ3v) is 2.10. The van der Waals surface area contributed by atoms with Gasteiger partial charge in [0.05, 0.1) is 13.2 Å². The van der Waals surface area contributed by atoms with E-state index in [4.69, 9.17) is 14.6 Å². The minimum atomic E-state index is -0.0310. The van der Waals surface area contributed by atoms with E-state index in [0.717, 1.165) is 25.0 Å². The zero-order valence-corrected chi connectivity index (χ0v) is 8.16. The maximum atomic E-state index is 8.72. The van der Waals surface area contributed by atoms with Gasteiger partial charge in [0.25, 0.3) is 0 Å². The average Bonchev–Trinajstić information content (AvgIpc) is 2.19. The van der Waals surface area contributed by atoms with Crippen molar-refractivity contribution in [3.05, 3.63) is 11.6 Å². The molecule has 0 aliphatic carbocycles. The van der Waals surface area contributed by atoms with Gasteiger partial charge in [-0.05, 0) is 31.8 Å². The number of ether oxygens (including phenoxy) is 2. The summed E-state index contributed by atoms with van der Waals surface area (Å²) in [6.45, 7) is 3.34. The summed E-state index contributed by atoms with van der Waals surface area (Å²) in [7, 11) is 0. The molecule has 1 aliphatic heterocycles. The smallest absolute Gasteiger partial charge is 0.157 e. The Morgan fingerprint density at radius 3 is 3.08 bits per heavy atom. The van der Waals surface area contributed by atoms with Crippen LogP contribution in [0.4, 0.5) is 0 Å². The van der Waals surface area contributed by atoms with Crippen molar-refractivity contribution < 1.29 is 14.6 Å². The van der Waals surface area contributed by atoms with Gasteiger partial charge in [-0.1, -0.05) is 6.08 Å². The second kappa shape index (κ2) is 6.13. The van der Waals surface area contributed by atoms with Crippen LogP contribution in [0.25, 0.3) is 0 Å². The largest absolute Gasteiger partial charge is 0.392 e. The Hall–Kier alpha value is -0.380. The molecule has 0 bridgehead atoms. The average molecular weight is 186 g/mol. The first-order valence-electron chi connectivity index (χ1n) is 4.82. The van der Waals surface area contributed by atoms with Crippen molar-refractivity contribution in [2.24, 2.45) is 0 Å². The van der Waals surface area contributed by atoms with Crippen LogP contribution in [-0.4, -0.2) is 31.2 Å². The molecule has 0 radical (unpaired) electrons. The van der Waals surface area contributed by atoms with Gasteiger partial charge in [0.1, 0.15) is 0 Å². The van der Waals surface area contributed by atoms with E-state index in [1.165, 1.54) is 6.42 Å². The molecular formula is C10H18O3. The van der Waals surface area contributed by atoms with Gasteiger partial charge in [-0.15, -0.1) is 0 Å². The molecule has 1 heterocycles. The van der Waals surface area contributed by atoms with Crippen molar-refractivity contribution in [3.63, 3.8) is 0 Å². The Balaban J connectivity index is 2.10. The summed E-state index contributed by atoms with van der Waals surface area (Å²) in [5, 5.41) is 8.72. The highest BCUT2D eigenvalue weighted by molar-refractivity contribution is 4.97. The van der Waals surface area contributed by atoms with Crippen LogP contribution in [0.5, 0.6) is 0 Å². The molecule has 0 aromatic heterocycles. The number of aliphatic hydroxyl groups is 1. The second-order valence-electron chi connectivity index (χ2n) is 3.34. The lowest BCUT2D eigenvalue weighted by Crippen LogP contribution is -2.22. The Morgan fingerprint density at radius 1 is 1.62 bits per heavy atom. The fourth-order valence-corrected chi connectivity index (χ4v) is 1.20. The van der Waals surface area contributed by atoms with E-state index in [2.05, 4.69) is 0 Å². The minimum Gasteiger partial charge on any atom is -0.392 e. The third-order valence-electron chi connectivity index (χ3n) is 2.10. The van der Waals surface area contributed by atoms with E-state index in [9.17, 15) is 0 Å². The van der Waals surface area contributed by atoms with E-state index in [1.807, 2.05) is 13.0 Å². The van der Waals surface area contributed by atoms with Crippen LogP contribution < -0.4 is 0 Å². The maximum Gasteiger partial charge on any atom is 0.157 e. The first-order chi connectivity index (χ1) is 6.33. The van der Waals surface area contributed by atoms with Gasteiger partial charge in [-0.3, -0.25) is 0 Å². The fraction of sp³-hybridized carbons (Fsp3) is 0.800. The quantitative estimate of drug-likeness (QED) is 0.676. The fourth-order valence-electron chi connectivity index (χ4n) is 1.20. The SMILES string of the molecule is C/C(=C/COC1CCCCO1)CO. The zero-order valence-electron chi connectivity index (χ0n) is 8.16. The van der Waals surface area contributed by atoms with Gasteiger partial charge in [-0.2, -0.15) is 0 Å². The van der Waals surface area contributed by atoms with Crippen molar-refractivity contribution in [1.29, 1.82) is 0 Å². The second-order valence-corrected chi connectivity index (χ2v) is 3.34. The molecule has 3 heteroatoms. The summed E-state index contributed by atoms with van der Waals surface area (Å²) in [6.07, 6.45) is 5.18. The third kappa shape index (κ3) is 4.41. The van der Waals surface area contributed by atoms with Gasteiger partial charge in [0.2, 0.25) is 0 Å². The van der Waals surface area contributed by atoms with E-state index < -0.39 is 0 Å². The molecule has 1 fully saturated rings. The Kier molecular flexibility index (Phi) is 5.05. The van der Waals surface area contributed by atoms with Gasteiger partial charge >= 0.3 is 0 Å². The zero-order chi connectivity index (χ0) is 9.52. The molecule has 1 N–H and O–H groups in total. The molecule has 1 unspecified atom stereocenters. The van der Waals surface area contributed by atoms with Crippen molar-refractivity contribution in [2.75, 3.05) is 19.8 Å². The number of hydrogen-bond acceptors (Lipinski definition) is 3. The highest BCUT2D eigenvalue weighted by Crippen LogP contribution is 2.13. The van der Waals surface area contributed by atoms with Crippen molar-refractivity contribution in [1.82, 2.24) is 0 Å². The summed E-state index contributed by atoms with van der Waals surface area (Å²) in [4.78, 5) is 0. The van der Waals surface area contributed by atoms with Gasteiger partial charge < -0.3 is 14.6 Å². The summed E-state index contributed by atoms with van der Waals surface area (Å²) >= 11 is 0. The molecule has 1 rings (SSSR count). The van der Waals surface area contributed by atoms with Crippen molar-refractivity contribution in [3.8, 4) is 0 Å². The molecule has 1 saturated heterocycles. The van der Waals surface area contributed by atoms with Crippen molar-refractivity contribution >= 4 is 0 Å². The summed E-state index contributed by atoms with van der Waals surface area (Å²) in [5.41, 5.74) is 0.941. The molecule has 1 aliphatic rings. The van der Waals surface area contributed by atoms with E-state index in [-0.39, 0.29) is 12.9 Å². The van der Waals surface area contributed by atoms with Crippen molar-refractivity contribution in [2.45, 2.75) is 32.5 Å². The lowest BCUT2D eigenvalue weighted by Gasteiger charge is -2.22. The Morgan fingerprint density at radius 2 is 2.46 bits per heavy atom. The Labute approximate surface area is 79.3 Å². The van der Waals surface area contributed by atoms with Crippen LogP contribution in [0.1, 0.15) is 26.2 Å². The highest BCUT2D eigenvalue weighted by atomic mass is 16.7. The van der Waals surface area contributed by atoms with Gasteiger partial charge in [0.15, 0.2) is 6.29 Å². The first-order valence-corrected chi connectivity index (χ1v) is 4.82. The first kappa shape index (κ1) is 10.7. The van der Waals surface area contributed by atoms with E-state index >= 15 is 0 Å². The summed E-state index contributed by atoms with van der Waals surface area (Å²) in [5.74, 6) is 0. The molecule has 0 saturated carbocycles. The molecule has 0 aromatic carbocycles. The molecule has 0 amide bonds. The van der Waals surface area contributed by atoms with Crippen LogP contribution in [0.15, 0.2) is 11.6 Å². The molecule has 1 atom stereocenters. The highest BCUT2D eigenvalue weighted by Gasteiger charge is 2.12. The maximum absolute atomic E-state index is 8.72. The van der Waals surface area contributed by atoms with Crippen LogP contribution in [0.2, 0.25) is 0 Å². The van der Waals surface area contributed by atoms with Crippen LogP contribution in [-0.2, 0) is 9.47 Å². The number of aliphatic hydroxyl groups excluding tert-OH is 1. The molecule has 0 aromatic rings. The summed E-state index contributed by atoms with van der Waals surface area (Å²) in [6, 6.07) is 0. The standard InChI is InChI=1S/C10H18O3/c1-9(8-11)5-7-13-10-4-2-3-6-12-10/h5,10-11H,2-4,6-8H2,1H3/b9-5-. The molecule has 3 nitrogen and oxygen atoms in total. The number of rotatable bonds is 4. The van der Waals surface area contributed by atoms with Gasteiger partial charge in [0, 0.05) is 6.61 Å². The summed E-state index contributed by atoms with van der Waals surface area (Å²) < 4.78 is 10.8. The topological polar surface area (TPSA) is 38.7 Å². The lowest BCUT2D eigenvalue weighted by atomic mass is 10.2. The molecule has 13 heavy (non-hydrogen) atoms. The molecule has 0 spiro atoms. The monoisotopic (exact) mass is 186 g/mol. The lowest BCUT2D eigenvalue weighted by molar-refractivity contribution is -0.155. The Bertz CT molecular complexity index is 160.